The van der Waals surface area contributed by atoms with E-state index in [-0.39, 0.29) is 22.9 Å². The second-order valence-corrected chi connectivity index (χ2v) is 10.7. The molecule has 2 aromatic heterocycles. The molecular weight excluding hydrogens is 506 g/mol. The molecule has 0 saturated heterocycles. The van der Waals surface area contributed by atoms with Gasteiger partial charge < -0.3 is 15.0 Å². The third-order valence-electron chi connectivity index (χ3n) is 7.01. The summed E-state index contributed by atoms with van der Waals surface area (Å²) in [4.78, 5) is 35.1. The molecule has 2 aliphatic rings. The van der Waals surface area contributed by atoms with Gasteiger partial charge in [-0.05, 0) is 81.0 Å². The molecule has 1 aliphatic carbocycles. The van der Waals surface area contributed by atoms with Gasteiger partial charge in [0.25, 0.3) is 5.91 Å². The van der Waals surface area contributed by atoms with Gasteiger partial charge in [-0.25, -0.2) is 0 Å². The fourth-order valence-electron chi connectivity index (χ4n) is 4.62. The lowest BCUT2D eigenvalue weighted by molar-refractivity contribution is 0.0738. The number of hydrogen-bond donors (Lipinski definition) is 4. The Bertz CT molecular complexity index is 1690. The summed E-state index contributed by atoms with van der Waals surface area (Å²) < 4.78 is 1.79. The lowest BCUT2D eigenvalue weighted by Gasteiger charge is -2.16. The zero-order valence-electron chi connectivity index (χ0n) is 22.8. The highest BCUT2D eigenvalue weighted by molar-refractivity contribution is 5.94. The van der Waals surface area contributed by atoms with Crippen molar-refractivity contribution in [3.05, 3.63) is 104 Å². The van der Waals surface area contributed by atoms with Gasteiger partial charge in [0.2, 0.25) is 5.43 Å². The minimum absolute atomic E-state index is 0.0925. The van der Waals surface area contributed by atoms with Gasteiger partial charge in [-0.15, -0.1) is 0 Å². The van der Waals surface area contributed by atoms with E-state index >= 15 is 0 Å². The predicted octanol–water partition coefficient (Wildman–Crippen LogP) is 2.58. The first-order chi connectivity index (χ1) is 19.2. The summed E-state index contributed by atoms with van der Waals surface area (Å²) in [5, 5.41) is 23.1. The molecular formula is C31H33N5O4. The van der Waals surface area contributed by atoms with Crippen LogP contribution in [0.4, 0.5) is 0 Å². The molecule has 206 valence electrons. The quantitative estimate of drug-likeness (QED) is 0.257. The van der Waals surface area contributed by atoms with Crippen LogP contribution in [0, 0.1) is 0 Å². The van der Waals surface area contributed by atoms with Crippen molar-refractivity contribution >= 4 is 23.1 Å². The molecule has 1 aliphatic heterocycles. The molecule has 1 fully saturated rings. The maximum absolute atomic E-state index is 13.2. The number of aliphatic hydroxyl groups is 1. The SMILES string of the molecule is C/C(=C\C(=C/NO)c1cccc(-n2cc(C(=O)NC3CC3)c(=O)c3c2=NCCC=3)c1)c1ccc(C(C)(C)O)nc1. The van der Waals surface area contributed by atoms with Crippen molar-refractivity contribution in [3.8, 4) is 5.69 Å². The largest absolute Gasteiger partial charge is 0.384 e. The van der Waals surface area contributed by atoms with Crippen LogP contribution in [-0.4, -0.2) is 38.4 Å². The van der Waals surface area contributed by atoms with Gasteiger partial charge in [-0.2, -0.15) is 0 Å². The summed E-state index contributed by atoms with van der Waals surface area (Å²) in [6.07, 6.45) is 11.0. The summed E-state index contributed by atoms with van der Waals surface area (Å²) >= 11 is 0. The highest BCUT2D eigenvalue weighted by Crippen LogP contribution is 2.25. The Morgan fingerprint density at radius 1 is 1.18 bits per heavy atom. The molecule has 0 radical (unpaired) electrons. The van der Waals surface area contributed by atoms with Crippen molar-refractivity contribution in [2.45, 2.75) is 51.7 Å². The number of benzene rings is 1. The van der Waals surface area contributed by atoms with Crippen LogP contribution in [0.5, 0.6) is 0 Å². The Kier molecular flexibility index (Phi) is 7.51. The number of allylic oxidation sites excluding steroid dienone is 3. The second kappa shape index (κ2) is 11.0. The van der Waals surface area contributed by atoms with Crippen molar-refractivity contribution in [2.75, 3.05) is 6.54 Å². The maximum atomic E-state index is 13.2. The van der Waals surface area contributed by atoms with Gasteiger partial charge in [0.15, 0.2) is 0 Å². The molecule has 4 N–H and O–H groups in total. The Morgan fingerprint density at radius 2 is 1.98 bits per heavy atom. The Morgan fingerprint density at radius 3 is 2.65 bits per heavy atom. The highest BCUT2D eigenvalue weighted by atomic mass is 16.5. The van der Waals surface area contributed by atoms with Gasteiger partial charge in [-0.1, -0.05) is 24.3 Å². The van der Waals surface area contributed by atoms with E-state index < -0.39 is 5.60 Å². The molecule has 3 aromatic rings. The smallest absolute Gasteiger partial charge is 0.257 e. The summed E-state index contributed by atoms with van der Waals surface area (Å²) in [5.74, 6) is -0.369. The molecule has 1 amide bonds. The van der Waals surface area contributed by atoms with E-state index in [0.717, 1.165) is 35.2 Å². The minimum Gasteiger partial charge on any atom is -0.384 e. The lowest BCUT2D eigenvalue weighted by Crippen LogP contribution is -2.50. The predicted molar refractivity (Wildman–Crippen MR) is 153 cm³/mol. The lowest BCUT2D eigenvalue weighted by atomic mass is 9.99. The van der Waals surface area contributed by atoms with Crippen molar-refractivity contribution in [1.82, 2.24) is 20.3 Å². The number of nitrogens with one attached hydrogen (secondary N) is 2. The summed E-state index contributed by atoms with van der Waals surface area (Å²) in [6, 6.07) is 11.4. The normalized spacial score (nSPS) is 15.5. The van der Waals surface area contributed by atoms with Crippen molar-refractivity contribution in [2.24, 2.45) is 4.99 Å². The maximum Gasteiger partial charge on any atom is 0.257 e. The van der Waals surface area contributed by atoms with Crippen LogP contribution in [0.15, 0.2) is 70.9 Å². The molecule has 3 heterocycles. The van der Waals surface area contributed by atoms with Gasteiger partial charge in [-0.3, -0.25) is 30.3 Å². The first-order valence-corrected chi connectivity index (χ1v) is 13.3. The first kappa shape index (κ1) is 27.2. The van der Waals surface area contributed by atoms with Crippen molar-refractivity contribution in [1.29, 1.82) is 0 Å². The highest BCUT2D eigenvalue weighted by Gasteiger charge is 2.26. The van der Waals surface area contributed by atoms with E-state index in [4.69, 9.17) is 0 Å². The molecule has 0 bridgehead atoms. The molecule has 0 spiro atoms. The van der Waals surface area contributed by atoms with E-state index in [2.05, 4.69) is 20.8 Å². The fourth-order valence-corrected chi connectivity index (χ4v) is 4.62. The molecule has 0 unspecified atom stereocenters. The van der Waals surface area contributed by atoms with Gasteiger partial charge >= 0.3 is 0 Å². The van der Waals surface area contributed by atoms with Crippen LogP contribution >= 0.6 is 0 Å². The number of pyridine rings is 2. The minimum atomic E-state index is -1.04. The molecule has 1 aromatic carbocycles. The average Bonchev–Trinajstić information content (AvgIpc) is 3.76. The first-order valence-electron chi connectivity index (χ1n) is 13.3. The number of amides is 1. The standard InChI is InChI=1S/C31H33N5O4/c1-19(21-9-12-27(33-16-21)31(2,3)39)14-22(17-34-40)20-6-4-7-24(15-20)36-18-26(30(38)35-23-10-11-23)28(37)25-8-5-13-32-29(25)36/h4,6-9,12,14-18,23,34,39-40H,5,10-11,13H2,1-3H3,(H,35,38)/b19-14+,22-17+. The Labute approximate surface area is 231 Å². The van der Waals surface area contributed by atoms with E-state index in [1.807, 2.05) is 49.4 Å². The van der Waals surface area contributed by atoms with Crippen LogP contribution in [0.3, 0.4) is 0 Å². The van der Waals surface area contributed by atoms with Crippen LogP contribution in [0.25, 0.3) is 22.9 Å². The number of hydroxylamine groups is 1. The third kappa shape index (κ3) is 5.80. The number of fused-ring (bicyclic) bond motifs is 1. The third-order valence-corrected chi connectivity index (χ3v) is 7.01. The zero-order chi connectivity index (χ0) is 28.4. The number of aromatic nitrogens is 2. The van der Waals surface area contributed by atoms with Gasteiger partial charge in [0.1, 0.15) is 16.7 Å². The number of carbonyl (C=O) groups excluding carboxylic acids is 1. The fraction of sp³-hybridized carbons (Fsp3) is 0.290. The second-order valence-electron chi connectivity index (χ2n) is 10.7. The van der Waals surface area contributed by atoms with Gasteiger partial charge in [0.05, 0.1) is 10.9 Å². The number of hydrogen-bond acceptors (Lipinski definition) is 7. The number of nitrogens with zero attached hydrogens (tertiary/aromatic N) is 3. The van der Waals surface area contributed by atoms with Crippen LogP contribution in [0.2, 0.25) is 0 Å². The number of carbonyl (C=O) groups is 1. The van der Waals surface area contributed by atoms with Crippen LogP contribution in [0.1, 0.15) is 67.2 Å². The van der Waals surface area contributed by atoms with Crippen molar-refractivity contribution < 1.29 is 15.1 Å². The van der Waals surface area contributed by atoms with E-state index in [1.165, 1.54) is 6.20 Å². The summed E-state index contributed by atoms with van der Waals surface area (Å²) in [7, 11) is 0. The summed E-state index contributed by atoms with van der Waals surface area (Å²) in [5.41, 5.74) is 5.94. The molecule has 5 rings (SSSR count). The molecule has 1 saturated carbocycles. The molecule has 9 heteroatoms. The van der Waals surface area contributed by atoms with Crippen molar-refractivity contribution in [3.63, 3.8) is 0 Å². The Hall–Kier alpha value is -4.34. The molecule has 9 nitrogen and oxygen atoms in total. The van der Waals surface area contributed by atoms with Crippen LogP contribution < -0.4 is 26.9 Å². The molecule has 0 atom stereocenters. The van der Waals surface area contributed by atoms with E-state index in [1.54, 1.807) is 36.9 Å². The van der Waals surface area contributed by atoms with E-state index in [0.29, 0.717) is 34.9 Å². The zero-order valence-corrected chi connectivity index (χ0v) is 22.8. The van der Waals surface area contributed by atoms with E-state index in [9.17, 15) is 19.9 Å². The summed E-state index contributed by atoms with van der Waals surface area (Å²) in [6.45, 7) is 5.87. The topological polar surface area (TPSA) is 129 Å². The average molecular weight is 540 g/mol. The van der Waals surface area contributed by atoms with Gasteiger partial charge in [0, 0.05) is 42.4 Å². The number of rotatable bonds is 8. The van der Waals surface area contributed by atoms with Crippen LogP contribution in [-0.2, 0) is 5.60 Å². The Balaban J connectivity index is 1.55. The monoisotopic (exact) mass is 539 g/mol. The molecule has 40 heavy (non-hydrogen) atoms.